The van der Waals surface area contributed by atoms with Crippen LogP contribution in [0.1, 0.15) is 19.3 Å². The first kappa shape index (κ1) is 25.3. The molecule has 1 fully saturated rings. The molecule has 0 aliphatic heterocycles. The zero-order chi connectivity index (χ0) is 23.1. The van der Waals surface area contributed by atoms with Gasteiger partial charge in [0.15, 0.2) is 10.0 Å². The van der Waals surface area contributed by atoms with Crippen molar-refractivity contribution in [3.63, 3.8) is 0 Å². The molecule has 29 heavy (non-hydrogen) atoms. The predicted molar refractivity (Wildman–Crippen MR) is 80.4 cm³/mol. The minimum absolute atomic E-state index is 0.770. The third-order valence-electron chi connectivity index (χ3n) is 4.02. The van der Waals surface area contributed by atoms with E-state index in [1.165, 1.54) is 0 Å². The second-order valence-electron chi connectivity index (χ2n) is 5.90. The smallest absolute Gasteiger partial charge is 0.469 e. The highest BCUT2D eigenvalue weighted by atomic mass is 32.3. The molecule has 0 aromatic heterocycles. The summed E-state index contributed by atoms with van der Waals surface area (Å²) in [6.45, 7) is 6.65. The lowest BCUT2D eigenvalue weighted by Crippen LogP contribution is -2.44. The number of sulfonamides is 1. The van der Waals surface area contributed by atoms with E-state index in [4.69, 9.17) is 11.8 Å². The van der Waals surface area contributed by atoms with Gasteiger partial charge in [0.05, 0.1) is 24.5 Å². The molecule has 0 radical (unpaired) electrons. The second-order valence-corrected chi connectivity index (χ2v) is 10.1. The van der Waals surface area contributed by atoms with Crippen LogP contribution < -0.4 is 0 Å². The fourth-order valence-corrected chi connectivity index (χ4v) is 6.50. The Bertz CT molecular complexity index is 907. The topological polar surface area (TPSA) is 93.5 Å². The summed E-state index contributed by atoms with van der Waals surface area (Å²) in [5.74, 6) is -5.63. The molecule has 166 valence electrons. The van der Waals surface area contributed by atoms with E-state index in [-0.39, 0.29) is 0 Å². The molecule has 17 heteroatoms. The van der Waals surface area contributed by atoms with Crippen molar-refractivity contribution >= 4 is 24.7 Å². The van der Waals surface area contributed by atoms with Crippen molar-refractivity contribution in [3.05, 3.63) is 15.5 Å². The Morgan fingerprint density at radius 3 is 1.62 bits per heavy atom. The van der Waals surface area contributed by atoms with Gasteiger partial charge in [0.25, 0.3) is 4.99 Å². The highest BCUT2D eigenvalue weighted by Gasteiger charge is 2.53. The van der Waals surface area contributed by atoms with Gasteiger partial charge in [-0.25, -0.2) is 18.5 Å². The van der Waals surface area contributed by atoms with E-state index in [2.05, 4.69) is 4.85 Å². The first-order valence-electron chi connectivity index (χ1n) is 7.16. The summed E-state index contributed by atoms with van der Waals surface area (Å²) in [5, 5.41) is 6.20. The van der Waals surface area contributed by atoms with Gasteiger partial charge in [-0.05, 0) is 19.3 Å². The van der Waals surface area contributed by atoms with E-state index >= 15 is 0 Å². The van der Waals surface area contributed by atoms with Crippen LogP contribution in [0.2, 0.25) is 0 Å². The van der Waals surface area contributed by atoms with Crippen LogP contribution in [0, 0.1) is 29.7 Å². The van der Waals surface area contributed by atoms with E-state index in [1.54, 1.807) is 0 Å². The molecule has 0 aromatic carbocycles. The summed E-state index contributed by atoms with van der Waals surface area (Å²) in [6.07, 6.45) is -15.1. The number of nitriles is 1. The van der Waals surface area contributed by atoms with Crippen LogP contribution in [0.5, 0.6) is 0 Å². The normalized spacial score (nSPS) is 26.1. The lowest BCUT2D eigenvalue weighted by atomic mass is 9.80. The van der Waals surface area contributed by atoms with Gasteiger partial charge in [0.1, 0.15) is 0 Å². The maximum Gasteiger partial charge on any atom is 0.480 e. The third kappa shape index (κ3) is 5.46. The summed E-state index contributed by atoms with van der Waals surface area (Å²) < 4.78 is 153. The van der Waals surface area contributed by atoms with Gasteiger partial charge < -0.3 is 4.13 Å². The average molecular weight is 478 g/mol. The third-order valence-corrected chi connectivity index (χ3v) is 8.30. The standard InChI is InChI=1S/C12H9F9N3O3S2/c1-23-9(5-22)28(25,24-29(26,27)12(19,20)21)8-3-6(10(13,14)15)2-7(4-8)11(16,17)18/h6-8H,2-4H2/q-1. The van der Waals surface area contributed by atoms with Crippen molar-refractivity contribution in [2.24, 2.45) is 11.8 Å². The molecule has 1 saturated carbocycles. The first-order chi connectivity index (χ1) is 12.8. The largest absolute Gasteiger partial charge is 0.480 e. The van der Waals surface area contributed by atoms with E-state index in [0.717, 1.165) is 6.07 Å². The van der Waals surface area contributed by atoms with E-state index in [0.29, 0.717) is 0 Å². The number of hydrogen-bond acceptors (Lipinski definition) is 4. The molecule has 0 saturated heterocycles. The number of halogens is 9. The lowest BCUT2D eigenvalue weighted by molar-refractivity contribution is -0.221. The highest BCUT2D eigenvalue weighted by Crippen LogP contribution is 2.49. The van der Waals surface area contributed by atoms with Gasteiger partial charge in [-0.2, -0.15) is 39.5 Å². The zero-order valence-corrected chi connectivity index (χ0v) is 15.3. The highest BCUT2D eigenvalue weighted by molar-refractivity contribution is 8.18. The number of rotatable bonds is 3. The monoisotopic (exact) mass is 478 g/mol. The Morgan fingerprint density at radius 2 is 1.34 bits per heavy atom. The van der Waals surface area contributed by atoms with Gasteiger partial charge in [0, 0.05) is 5.25 Å². The van der Waals surface area contributed by atoms with Crippen LogP contribution in [-0.2, 0) is 19.7 Å². The predicted octanol–water partition coefficient (Wildman–Crippen LogP) is 3.89. The van der Waals surface area contributed by atoms with Gasteiger partial charge >= 0.3 is 17.9 Å². The van der Waals surface area contributed by atoms with Crippen molar-refractivity contribution in [3.8, 4) is 6.07 Å². The van der Waals surface area contributed by atoms with Crippen molar-refractivity contribution < 1.29 is 52.1 Å². The number of nitrogens with zero attached hydrogens (tertiary/aromatic N) is 3. The van der Waals surface area contributed by atoms with Crippen LogP contribution in [0.25, 0.3) is 8.97 Å². The molecule has 0 aromatic rings. The Hall–Kier alpha value is -1.72. The maximum atomic E-state index is 13.0. The van der Waals surface area contributed by atoms with E-state index in [1.807, 2.05) is 4.13 Å². The van der Waals surface area contributed by atoms with Crippen LogP contribution in [0.4, 0.5) is 39.5 Å². The van der Waals surface area contributed by atoms with Crippen molar-refractivity contribution in [1.82, 2.24) is 0 Å². The molecule has 1 aliphatic carbocycles. The van der Waals surface area contributed by atoms with E-state index in [9.17, 15) is 52.1 Å². The summed E-state index contributed by atoms with van der Waals surface area (Å²) in [6, 6.07) is 0.770. The number of alkyl halides is 9. The van der Waals surface area contributed by atoms with Gasteiger partial charge in [-0.15, -0.1) is 0 Å². The second kappa shape index (κ2) is 7.84. The Kier molecular flexibility index (Phi) is 6.85. The SMILES string of the molecule is [C-]#[N+]C(C#N)=S(=O)([N-]S(=O)(=O)C(F)(F)F)C1CC(C(F)(F)F)CC(C(F)(F)F)C1. The molecule has 0 spiro atoms. The molecule has 0 heterocycles. The molecular weight excluding hydrogens is 469 g/mol. The van der Waals surface area contributed by atoms with Crippen LogP contribution in [0.15, 0.2) is 0 Å². The van der Waals surface area contributed by atoms with Crippen LogP contribution in [-0.4, -0.2) is 40.7 Å². The Morgan fingerprint density at radius 1 is 0.931 bits per heavy atom. The maximum absolute atomic E-state index is 13.0. The van der Waals surface area contributed by atoms with Crippen molar-refractivity contribution in [2.45, 2.75) is 42.4 Å². The molecule has 0 amide bonds. The van der Waals surface area contributed by atoms with Crippen molar-refractivity contribution in [2.75, 3.05) is 0 Å². The van der Waals surface area contributed by atoms with Gasteiger partial charge in [-0.3, -0.25) is 4.21 Å². The molecule has 1 aliphatic rings. The van der Waals surface area contributed by atoms with Crippen LogP contribution in [0.3, 0.4) is 0 Å². The Labute approximate surface area is 158 Å². The zero-order valence-electron chi connectivity index (χ0n) is 13.6. The molecular formula is C12H9F9N3O3S2-. The molecule has 3 atom stereocenters. The summed E-state index contributed by atoms with van der Waals surface area (Å²) in [5.41, 5.74) is -6.21. The summed E-state index contributed by atoms with van der Waals surface area (Å²) in [7, 11) is -12.1. The summed E-state index contributed by atoms with van der Waals surface area (Å²) >= 11 is 0. The first-order valence-corrected chi connectivity index (χ1v) is 10.2. The minimum atomic E-state index is -6.70. The van der Waals surface area contributed by atoms with E-state index < -0.39 is 78.9 Å². The quantitative estimate of drug-likeness (QED) is 0.350. The fourth-order valence-electron chi connectivity index (χ4n) is 2.66. The number of hydrogen-bond donors (Lipinski definition) is 0. The lowest BCUT2D eigenvalue weighted by Gasteiger charge is -2.42. The molecule has 0 N–H and O–H groups in total. The molecule has 3 unspecified atom stereocenters. The molecule has 1 rings (SSSR count). The van der Waals surface area contributed by atoms with Gasteiger partial charge in [0.2, 0.25) is 0 Å². The Balaban J connectivity index is 3.69. The van der Waals surface area contributed by atoms with Crippen LogP contribution >= 0.6 is 0 Å². The fraction of sp³-hybridized carbons (Fsp3) is 0.750. The molecule has 0 bridgehead atoms. The summed E-state index contributed by atoms with van der Waals surface area (Å²) in [4.78, 5) is 0.402. The van der Waals surface area contributed by atoms with Gasteiger partial charge in [-0.1, -0.05) is 9.71 Å². The average Bonchev–Trinajstić information content (AvgIpc) is 2.52. The van der Waals surface area contributed by atoms with Crippen molar-refractivity contribution in [1.29, 1.82) is 5.26 Å². The molecule has 6 nitrogen and oxygen atoms in total. The minimum Gasteiger partial charge on any atom is -0.469 e.